The van der Waals surface area contributed by atoms with E-state index in [1.165, 1.54) is 6.07 Å². The molecule has 2 N–H and O–H groups in total. The molecule has 116 valence electrons. The number of amides is 1. The van der Waals surface area contributed by atoms with Crippen molar-refractivity contribution in [3.63, 3.8) is 0 Å². The van der Waals surface area contributed by atoms with Crippen LogP contribution in [0.3, 0.4) is 0 Å². The minimum Gasteiger partial charge on any atom is -0.359 e. The number of carbonyl (C=O) groups excluding carboxylic acids is 1. The lowest BCUT2D eigenvalue weighted by Gasteiger charge is -2.02. The number of nitrogens with one attached hydrogen (secondary N) is 2. The fourth-order valence-corrected chi connectivity index (χ4v) is 2.15. The van der Waals surface area contributed by atoms with Crippen LogP contribution in [0.25, 0.3) is 11.3 Å². The first-order valence-electron chi connectivity index (χ1n) is 7.12. The van der Waals surface area contributed by atoms with Gasteiger partial charge in [0.25, 0.3) is 11.5 Å². The molecule has 0 fully saturated rings. The summed E-state index contributed by atoms with van der Waals surface area (Å²) in [5.74, 6) is 0.0599. The molecule has 3 aromatic rings. The first-order valence-corrected chi connectivity index (χ1v) is 7.12. The zero-order chi connectivity index (χ0) is 16.2. The molecule has 2 aromatic heterocycles. The molecule has 6 heteroatoms. The van der Waals surface area contributed by atoms with E-state index in [-0.39, 0.29) is 12.1 Å². The summed E-state index contributed by atoms with van der Waals surface area (Å²) in [6, 6.07) is 14.5. The Bertz CT molecular complexity index is 881. The highest BCUT2D eigenvalue weighted by atomic mass is 16.5. The zero-order valence-corrected chi connectivity index (χ0v) is 12.5. The monoisotopic (exact) mass is 309 g/mol. The van der Waals surface area contributed by atoms with Crippen LogP contribution in [-0.4, -0.2) is 16.0 Å². The van der Waals surface area contributed by atoms with Crippen LogP contribution in [0.1, 0.15) is 21.8 Å². The van der Waals surface area contributed by atoms with E-state index in [9.17, 15) is 9.59 Å². The summed E-state index contributed by atoms with van der Waals surface area (Å²) in [5, 5.41) is 6.62. The van der Waals surface area contributed by atoms with Gasteiger partial charge in [-0.3, -0.25) is 9.59 Å². The third-order valence-electron chi connectivity index (χ3n) is 3.35. The van der Waals surface area contributed by atoms with Crippen LogP contribution in [0, 0.1) is 6.92 Å². The Morgan fingerprint density at radius 1 is 1.22 bits per heavy atom. The highest BCUT2D eigenvalue weighted by Crippen LogP contribution is 2.18. The molecule has 1 aromatic carbocycles. The molecule has 23 heavy (non-hydrogen) atoms. The Labute approximate surface area is 132 Å². The predicted molar refractivity (Wildman–Crippen MR) is 84.9 cm³/mol. The maximum atomic E-state index is 12.0. The number of H-pyrrole nitrogens is 1. The predicted octanol–water partition coefficient (Wildman–Crippen LogP) is 2.27. The van der Waals surface area contributed by atoms with E-state index in [0.717, 1.165) is 5.56 Å². The van der Waals surface area contributed by atoms with Crippen molar-refractivity contribution in [3.05, 3.63) is 75.9 Å². The van der Waals surface area contributed by atoms with Crippen LogP contribution in [0.4, 0.5) is 0 Å². The lowest BCUT2D eigenvalue weighted by atomic mass is 10.1. The van der Waals surface area contributed by atoms with Gasteiger partial charge in [0.15, 0.2) is 5.76 Å². The van der Waals surface area contributed by atoms with E-state index in [4.69, 9.17) is 4.52 Å². The Kier molecular flexibility index (Phi) is 4.05. The molecule has 1 amide bonds. The fourth-order valence-electron chi connectivity index (χ4n) is 2.15. The lowest BCUT2D eigenvalue weighted by Crippen LogP contribution is -2.29. The number of benzene rings is 1. The molecule has 6 nitrogen and oxygen atoms in total. The van der Waals surface area contributed by atoms with Crippen LogP contribution >= 0.6 is 0 Å². The first kappa shape index (κ1) is 14.8. The number of carbonyl (C=O) groups is 1. The van der Waals surface area contributed by atoms with Crippen molar-refractivity contribution in [3.8, 4) is 11.3 Å². The molecule has 0 atom stereocenters. The Balaban J connectivity index is 1.68. The normalized spacial score (nSPS) is 10.5. The van der Waals surface area contributed by atoms with Gasteiger partial charge in [-0.2, -0.15) is 0 Å². The van der Waals surface area contributed by atoms with Gasteiger partial charge < -0.3 is 14.8 Å². The SMILES string of the molecule is Cc1ccc(C(=O)NCc2cc(-c3ccccc3)no2)c(=O)[nH]1. The van der Waals surface area contributed by atoms with E-state index >= 15 is 0 Å². The number of pyridine rings is 1. The van der Waals surface area contributed by atoms with Crippen LogP contribution in [0.5, 0.6) is 0 Å². The van der Waals surface area contributed by atoms with Gasteiger partial charge in [-0.15, -0.1) is 0 Å². The number of aromatic nitrogens is 2. The summed E-state index contributed by atoms with van der Waals surface area (Å²) in [5.41, 5.74) is 1.99. The van der Waals surface area contributed by atoms with Crippen LogP contribution < -0.4 is 10.9 Å². The molecule has 3 rings (SSSR count). The zero-order valence-electron chi connectivity index (χ0n) is 12.5. The quantitative estimate of drug-likeness (QED) is 0.774. The number of rotatable bonds is 4. The van der Waals surface area contributed by atoms with Gasteiger partial charge >= 0.3 is 0 Å². The van der Waals surface area contributed by atoms with E-state index in [0.29, 0.717) is 17.1 Å². The molecule has 0 bridgehead atoms. The van der Waals surface area contributed by atoms with Crippen molar-refractivity contribution in [1.82, 2.24) is 15.5 Å². The van der Waals surface area contributed by atoms with Crippen molar-refractivity contribution < 1.29 is 9.32 Å². The van der Waals surface area contributed by atoms with Crippen LogP contribution in [-0.2, 0) is 6.54 Å². The summed E-state index contributed by atoms with van der Waals surface area (Å²) in [4.78, 5) is 26.4. The molecule has 0 aliphatic carbocycles. The second-order valence-electron chi connectivity index (χ2n) is 5.11. The lowest BCUT2D eigenvalue weighted by molar-refractivity contribution is 0.0945. The molecule has 2 heterocycles. The molecular weight excluding hydrogens is 294 g/mol. The molecule has 0 saturated heterocycles. The molecule has 0 saturated carbocycles. The minimum absolute atomic E-state index is 0.0680. The van der Waals surface area contributed by atoms with Gasteiger partial charge in [0, 0.05) is 17.3 Å². The summed E-state index contributed by atoms with van der Waals surface area (Å²) < 4.78 is 5.20. The number of hydrogen-bond acceptors (Lipinski definition) is 4. The molecule has 0 aliphatic heterocycles. The molecule has 0 aliphatic rings. The average Bonchev–Trinajstić information content (AvgIpc) is 3.02. The van der Waals surface area contributed by atoms with E-state index in [1.54, 1.807) is 19.1 Å². The summed E-state index contributed by atoms with van der Waals surface area (Å²) >= 11 is 0. The Hall–Kier alpha value is -3.15. The summed E-state index contributed by atoms with van der Waals surface area (Å²) in [7, 11) is 0. The summed E-state index contributed by atoms with van der Waals surface area (Å²) in [6.07, 6.45) is 0. The largest absolute Gasteiger partial charge is 0.359 e. The molecule has 0 spiro atoms. The van der Waals surface area contributed by atoms with E-state index in [1.807, 2.05) is 30.3 Å². The Morgan fingerprint density at radius 2 is 2.00 bits per heavy atom. The maximum Gasteiger partial charge on any atom is 0.260 e. The minimum atomic E-state index is -0.455. The van der Waals surface area contributed by atoms with Gasteiger partial charge in [-0.05, 0) is 19.1 Å². The van der Waals surface area contributed by atoms with Crippen molar-refractivity contribution in [2.24, 2.45) is 0 Å². The number of aromatic amines is 1. The van der Waals surface area contributed by atoms with E-state index < -0.39 is 11.5 Å². The van der Waals surface area contributed by atoms with Gasteiger partial charge in [0.2, 0.25) is 0 Å². The molecule has 0 radical (unpaired) electrons. The number of nitrogens with zero attached hydrogens (tertiary/aromatic N) is 1. The maximum absolute atomic E-state index is 12.0. The van der Waals surface area contributed by atoms with Gasteiger partial charge in [-0.1, -0.05) is 35.5 Å². The first-order chi connectivity index (χ1) is 11.1. The smallest absolute Gasteiger partial charge is 0.260 e. The number of hydrogen-bond donors (Lipinski definition) is 2. The van der Waals surface area contributed by atoms with Crippen molar-refractivity contribution >= 4 is 5.91 Å². The molecule has 0 unspecified atom stereocenters. The van der Waals surface area contributed by atoms with Crippen LogP contribution in [0.2, 0.25) is 0 Å². The number of aryl methyl sites for hydroxylation is 1. The average molecular weight is 309 g/mol. The molecular formula is C17H15N3O3. The standard InChI is InChI=1S/C17H15N3O3/c1-11-7-8-14(17(22)19-11)16(21)18-10-13-9-15(20-23-13)12-5-3-2-4-6-12/h2-9H,10H2,1H3,(H,18,21)(H,19,22). The highest BCUT2D eigenvalue weighted by Gasteiger charge is 2.12. The topological polar surface area (TPSA) is 88.0 Å². The van der Waals surface area contributed by atoms with Gasteiger partial charge in [0.05, 0.1) is 6.54 Å². The van der Waals surface area contributed by atoms with E-state index in [2.05, 4.69) is 15.5 Å². The van der Waals surface area contributed by atoms with Gasteiger partial charge in [-0.25, -0.2) is 0 Å². The fraction of sp³-hybridized carbons (Fsp3) is 0.118. The summed E-state index contributed by atoms with van der Waals surface area (Å²) in [6.45, 7) is 1.91. The van der Waals surface area contributed by atoms with Crippen molar-refractivity contribution in [1.29, 1.82) is 0 Å². The Morgan fingerprint density at radius 3 is 2.74 bits per heavy atom. The van der Waals surface area contributed by atoms with Crippen molar-refractivity contribution in [2.45, 2.75) is 13.5 Å². The highest BCUT2D eigenvalue weighted by molar-refractivity contribution is 5.93. The van der Waals surface area contributed by atoms with Crippen molar-refractivity contribution in [2.75, 3.05) is 0 Å². The third kappa shape index (κ3) is 3.37. The van der Waals surface area contributed by atoms with Crippen LogP contribution in [0.15, 0.2) is 57.8 Å². The third-order valence-corrected chi connectivity index (χ3v) is 3.35. The van der Waals surface area contributed by atoms with Gasteiger partial charge in [0.1, 0.15) is 11.3 Å². The second-order valence-corrected chi connectivity index (χ2v) is 5.11. The second kappa shape index (κ2) is 6.31.